The Hall–Kier alpha value is -1.80. The van der Waals surface area contributed by atoms with Crippen LogP contribution in [0.1, 0.15) is 31.2 Å². The maximum Gasteiger partial charge on any atom is 0.0431 e. The molecule has 0 aromatic heterocycles. The molecule has 0 spiro atoms. The molecule has 2 N–H and O–H groups in total. The average molecular weight is 269 g/mol. The smallest absolute Gasteiger partial charge is 0.0431 e. The Balaban J connectivity index is 1.78. The van der Waals surface area contributed by atoms with Crippen LogP contribution in [0.25, 0.3) is 0 Å². The Morgan fingerprint density at radius 2 is 1.35 bits per heavy atom. The van der Waals surface area contributed by atoms with Gasteiger partial charge in [-0.05, 0) is 49.1 Å². The van der Waals surface area contributed by atoms with Gasteiger partial charge in [0.25, 0.3) is 0 Å². The molecule has 0 saturated carbocycles. The topological polar surface area (TPSA) is 32.3 Å². The molecule has 2 heteroatoms. The Kier molecular flexibility index (Phi) is 6.12. The number of nitrogens with one attached hydrogen (secondary N) is 1. The standard InChI is InChI=1S/C18H23NO/c20-15-7-2-1-4-8-16-11-13-18(14-12-16)19-17-9-5-3-6-10-17/h3,5-6,9-14,19-20H,1-2,4,7-8,15H2. The number of hydrogen-bond acceptors (Lipinski definition) is 2. The predicted molar refractivity (Wildman–Crippen MR) is 85.4 cm³/mol. The average Bonchev–Trinajstić information content (AvgIpc) is 2.50. The van der Waals surface area contributed by atoms with Crippen LogP contribution >= 0.6 is 0 Å². The number of aryl methyl sites for hydroxylation is 1. The lowest BCUT2D eigenvalue weighted by Gasteiger charge is -2.07. The van der Waals surface area contributed by atoms with Gasteiger partial charge in [0.2, 0.25) is 0 Å². The van der Waals surface area contributed by atoms with Crippen molar-refractivity contribution in [2.45, 2.75) is 32.1 Å². The minimum atomic E-state index is 0.319. The zero-order chi connectivity index (χ0) is 14.0. The normalized spacial score (nSPS) is 10.4. The Morgan fingerprint density at radius 1 is 0.700 bits per heavy atom. The lowest BCUT2D eigenvalue weighted by Crippen LogP contribution is -1.91. The largest absolute Gasteiger partial charge is 0.396 e. The molecule has 2 rings (SSSR count). The van der Waals surface area contributed by atoms with Crippen LogP contribution in [-0.2, 0) is 6.42 Å². The van der Waals surface area contributed by atoms with Gasteiger partial charge in [0.1, 0.15) is 0 Å². The quantitative estimate of drug-likeness (QED) is 0.690. The number of rotatable bonds is 8. The molecule has 0 atom stereocenters. The molecule has 0 saturated heterocycles. The molecular formula is C18H23NO. The highest BCUT2D eigenvalue weighted by Gasteiger charge is 1.96. The van der Waals surface area contributed by atoms with Crippen LogP contribution in [0.5, 0.6) is 0 Å². The van der Waals surface area contributed by atoms with Gasteiger partial charge in [0, 0.05) is 18.0 Å². The monoisotopic (exact) mass is 269 g/mol. The Labute approximate surface area is 121 Å². The van der Waals surface area contributed by atoms with Gasteiger partial charge < -0.3 is 10.4 Å². The first kappa shape index (κ1) is 14.6. The second-order valence-corrected chi connectivity index (χ2v) is 5.08. The molecule has 0 radical (unpaired) electrons. The lowest BCUT2D eigenvalue weighted by atomic mass is 10.1. The van der Waals surface area contributed by atoms with Gasteiger partial charge in [0.15, 0.2) is 0 Å². The van der Waals surface area contributed by atoms with Crippen LogP contribution in [0.15, 0.2) is 54.6 Å². The summed E-state index contributed by atoms with van der Waals surface area (Å²) in [6.45, 7) is 0.319. The molecule has 2 aromatic carbocycles. The van der Waals surface area contributed by atoms with Crippen molar-refractivity contribution in [1.82, 2.24) is 0 Å². The van der Waals surface area contributed by atoms with Crippen molar-refractivity contribution in [2.24, 2.45) is 0 Å². The molecule has 0 unspecified atom stereocenters. The first-order chi connectivity index (χ1) is 9.88. The highest BCUT2D eigenvalue weighted by atomic mass is 16.2. The minimum Gasteiger partial charge on any atom is -0.396 e. The summed E-state index contributed by atoms with van der Waals surface area (Å²) in [5.74, 6) is 0. The van der Waals surface area contributed by atoms with E-state index < -0.39 is 0 Å². The molecule has 0 amide bonds. The summed E-state index contributed by atoms with van der Waals surface area (Å²) < 4.78 is 0. The second kappa shape index (κ2) is 8.39. The van der Waals surface area contributed by atoms with E-state index in [-0.39, 0.29) is 0 Å². The second-order valence-electron chi connectivity index (χ2n) is 5.08. The molecule has 0 aliphatic carbocycles. The zero-order valence-corrected chi connectivity index (χ0v) is 11.9. The molecule has 0 bridgehead atoms. The van der Waals surface area contributed by atoms with E-state index in [1.807, 2.05) is 18.2 Å². The molecule has 0 heterocycles. The molecule has 106 valence electrons. The van der Waals surface area contributed by atoms with Gasteiger partial charge in [-0.3, -0.25) is 0 Å². The van der Waals surface area contributed by atoms with Gasteiger partial charge in [-0.2, -0.15) is 0 Å². The van der Waals surface area contributed by atoms with Crippen LogP contribution in [0, 0.1) is 0 Å². The van der Waals surface area contributed by atoms with Crippen molar-refractivity contribution >= 4 is 11.4 Å². The van der Waals surface area contributed by atoms with Gasteiger partial charge >= 0.3 is 0 Å². The maximum absolute atomic E-state index is 8.73. The van der Waals surface area contributed by atoms with Crippen molar-refractivity contribution in [2.75, 3.05) is 11.9 Å². The number of aliphatic hydroxyl groups is 1. The highest BCUT2D eigenvalue weighted by molar-refractivity contribution is 5.59. The fourth-order valence-corrected chi connectivity index (χ4v) is 2.24. The van der Waals surface area contributed by atoms with E-state index in [9.17, 15) is 0 Å². The predicted octanol–water partition coefficient (Wildman–Crippen LogP) is 4.53. The summed E-state index contributed by atoms with van der Waals surface area (Å²) in [5.41, 5.74) is 3.62. The lowest BCUT2D eigenvalue weighted by molar-refractivity contribution is 0.282. The van der Waals surface area contributed by atoms with E-state index in [2.05, 4.69) is 41.7 Å². The number of anilines is 2. The minimum absolute atomic E-state index is 0.319. The molecule has 20 heavy (non-hydrogen) atoms. The van der Waals surface area contributed by atoms with Crippen molar-refractivity contribution in [3.8, 4) is 0 Å². The SMILES string of the molecule is OCCCCCCc1ccc(Nc2ccccc2)cc1. The van der Waals surface area contributed by atoms with Crippen molar-refractivity contribution in [1.29, 1.82) is 0 Å². The van der Waals surface area contributed by atoms with Crippen molar-refractivity contribution < 1.29 is 5.11 Å². The van der Waals surface area contributed by atoms with Gasteiger partial charge in [-0.15, -0.1) is 0 Å². The Bertz CT molecular complexity index is 479. The van der Waals surface area contributed by atoms with Gasteiger partial charge in [-0.25, -0.2) is 0 Å². The molecule has 0 fully saturated rings. The first-order valence-electron chi connectivity index (χ1n) is 7.40. The molecule has 0 aliphatic rings. The van der Waals surface area contributed by atoms with Crippen LogP contribution in [0.3, 0.4) is 0 Å². The van der Waals surface area contributed by atoms with Crippen molar-refractivity contribution in [3.05, 3.63) is 60.2 Å². The van der Waals surface area contributed by atoms with Gasteiger partial charge in [0.05, 0.1) is 0 Å². The maximum atomic E-state index is 8.73. The van der Waals surface area contributed by atoms with Crippen LogP contribution in [-0.4, -0.2) is 11.7 Å². The van der Waals surface area contributed by atoms with E-state index >= 15 is 0 Å². The summed E-state index contributed by atoms with van der Waals surface area (Å²) in [6, 6.07) is 18.9. The summed E-state index contributed by atoms with van der Waals surface area (Å²) in [7, 11) is 0. The number of unbranched alkanes of at least 4 members (excludes halogenated alkanes) is 3. The zero-order valence-electron chi connectivity index (χ0n) is 11.9. The summed E-state index contributed by atoms with van der Waals surface area (Å²) in [4.78, 5) is 0. The molecule has 2 nitrogen and oxygen atoms in total. The van der Waals surface area contributed by atoms with Crippen molar-refractivity contribution in [3.63, 3.8) is 0 Å². The summed E-state index contributed by atoms with van der Waals surface area (Å²) >= 11 is 0. The van der Waals surface area contributed by atoms with Crippen LogP contribution in [0.2, 0.25) is 0 Å². The highest BCUT2D eigenvalue weighted by Crippen LogP contribution is 2.17. The third kappa shape index (κ3) is 5.06. The Morgan fingerprint density at radius 3 is 2.05 bits per heavy atom. The number of para-hydroxylation sites is 1. The van der Waals surface area contributed by atoms with Gasteiger partial charge in [-0.1, -0.05) is 43.2 Å². The van der Waals surface area contributed by atoms with E-state index in [1.165, 1.54) is 18.4 Å². The van der Waals surface area contributed by atoms with E-state index in [4.69, 9.17) is 5.11 Å². The number of benzene rings is 2. The first-order valence-corrected chi connectivity index (χ1v) is 7.40. The van der Waals surface area contributed by atoms with E-state index in [0.717, 1.165) is 30.6 Å². The van der Waals surface area contributed by atoms with Crippen LogP contribution < -0.4 is 5.32 Å². The molecule has 0 aliphatic heterocycles. The molecule has 2 aromatic rings. The summed E-state index contributed by atoms with van der Waals surface area (Å²) in [5, 5.41) is 12.1. The van der Waals surface area contributed by atoms with Crippen LogP contribution in [0.4, 0.5) is 11.4 Å². The third-order valence-electron chi connectivity index (χ3n) is 3.39. The fraction of sp³-hybridized carbons (Fsp3) is 0.333. The van der Waals surface area contributed by atoms with E-state index in [1.54, 1.807) is 0 Å². The number of hydrogen-bond donors (Lipinski definition) is 2. The number of aliphatic hydroxyl groups excluding tert-OH is 1. The third-order valence-corrected chi connectivity index (χ3v) is 3.39. The fourth-order valence-electron chi connectivity index (χ4n) is 2.24. The molecular weight excluding hydrogens is 246 g/mol. The van der Waals surface area contributed by atoms with E-state index in [0.29, 0.717) is 6.61 Å². The summed E-state index contributed by atoms with van der Waals surface area (Å²) in [6.07, 6.45) is 5.58.